The molecule has 0 amide bonds. The van der Waals surface area contributed by atoms with Gasteiger partial charge in [-0.25, -0.2) is 0 Å². The Morgan fingerprint density at radius 2 is 2.00 bits per heavy atom. The molecule has 86 valence electrons. The summed E-state index contributed by atoms with van der Waals surface area (Å²) in [4.78, 5) is 7.31. The summed E-state index contributed by atoms with van der Waals surface area (Å²) < 4.78 is 0. The van der Waals surface area contributed by atoms with Crippen molar-refractivity contribution in [2.45, 2.75) is 58.0 Å². The fourth-order valence-corrected chi connectivity index (χ4v) is 3.64. The van der Waals surface area contributed by atoms with E-state index in [0.717, 1.165) is 6.04 Å². The van der Waals surface area contributed by atoms with Gasteiger partial charge in [0.25, 0.3) is 0 Å². The predicted octanol–water partition coefficient (Wildman–Crippen LogP) is 3.13. The summed E-state index contributed by atoms with van der Waals surface area (Å²) in [6, 6.07) is 1.24. The highest BCUT2D eigenvalue weighted by atomic mass is 32.2. The van der Waals surface area contributed by atoms with E-state index < -0.39 is 0 Å². The molecular formula is C12H22N2S. The van der Waals surface area contributed by atoms with Crippen molar-refractivity contribution in [2.75, 3.05) is 12.3 Å². The first-order valence-electron chi connectivity index (χ1n) is 6.24. The van der Waals surface area contributed by atoms with Crippen LogP contribution in [0.25, 0.3) is 0 Å². The molecule has 2 aliphatic rings. The van der Waals surface area contributed by atoms with Gasteiger partial charge in [0.2, 0.25) is 0 Å². The lowest BCUT2D eigenvalue weighted by Crippen LogP contribution is -2.37. The lowest BCUT2D eigenvalue weighted by Gasteiger charge is -2.32. The van der Waals surface area contributed by atoms with Crippen LogP contribution in [0.4, 0.5) is 0 Å². The fourth-order valence-electron chi connectivity index (χ4n) is 2.48. The van der Waals surface area contributed by atoms with Crippen LogP contribution in [0, 0.1) is 0 Å². The molecule has 0 unspecified atom stereocenters. The average molecular weight is 226 g/mol. The van der Waals surface area contributed by atoms with Crippen LogP contribution in [0.1, 0.15) is 46.0 Å². The number of amidine groups is 1. The summed E-state index contributed by atoms with van der Waals surface area (Å²) >= 11 is 1.95. The maximum absolute atomic E-state index is 4.74. The average Bonchev–Trinajstić information content (AvgIpc) is 2.66. The van der Waals surface area contributed by atoms with Crippen LogP contribution in [0.15, 0.2) is 4.99 Å². The molecule has 0 aromatic heterocycles. The normalized spacial score (nSPS) is 26.9. The lowest BCUT2D eigenvalue weighted by molar-refractivity contribution is 0.260. The molecule has 2 fully saturated rings. The fraction of sp³-hybridized carbons (Fsp3) is 0.917. The Morgan fingerprint density at radius 3 is 2.67 bits per heavy atom. The highest BCUT2D eigenvalue weighted by Crippen LogP contribution is 2.29. The number of hydrogen-bond donors (Lipinski definition) is 0. The molecule has 2 nitrogen and oxygen atoms in total. The molecule has 1 aliphatic carbocycles. The topological polar surface area (TPSA) is 15.6 Å². The van der Waals surface area contributed by atoms with E-state index in [2.05, 4.69) is 18.7 Å². The Kier molecular flexibility index (Phi) is 3.95. The summed E-state index contributed by atoms with van der Waals surface area (Å²) in [5.41, 5.74) is 0. The van der Waals surface area contributed by atoms with E-state index in [1.807, 2.05) is 11.8 Å². The summed E-state index contributed by atoms with van der Waals surface area (Å²) in [6.07, 6.45) is 7.05. The van der Waals surface area contributed by atoms with Crippen molar-refractivity contribution in [1.29, 1.82) is 0 Å². The minimum absolute atomic E-state index is 0.441. The van der Waals surface area contributed by atoms with Gasteiger partial charge >= 0.3 is 0 Å². The first-order chi connectivity index (χ1) is 7.27. The van der Waals surface area contributed by atoms with Crippen LogP contribution < -0.4 is 0 Å². The van der Waals surface area contributed by atoms with Crippen LogP contribution in [0.2, 0.25) is 0 Å². The molecule has 0 radical (unpaired) electrons. The van der Waals surface area contributed by atoms with Crippen LogP contribution in [0.5, 0.6) is 0 Å². The standard InChI is InChI=1S/C12H22N2S/c1-10(2)13-12-14(8-9-15-12)11-6-4-3-5-7-11/h10-11H,3-9H2,1-2H3. The van der Waals surface area contributed by atoms with Gasteiger partial charge in [-0.15, -0.1) is 0 Å². The van der Waals surface area contributed by atoms with Crippen LogP contribution in [0.3, 0.4) is 0 Å². The Hall–Kier alpha value is -0.180. The molecule has 0 atom stereocenters. The van der Waals surface area contributed by atoms with E-state index in [1.54, 1.807) is 0 Å². The van der Waals surface area contributed by atoms with Crippen molar-refractivity contribution < 1.29 is 0 Å². The molecule has 15 heavy (non-hydrogen) atoms. The maximum Gasteiger partial charge on any atom is 0.159 e. The molecule has 1 saturated heterocycles. The van der Waals surface area contributed by atoms with Crippen molar-refractivity contribution in [1.82, 2.24) is 4.90 Å². The van der Waals surface area contributed by atoms with E-state index in [4.69, 9.17) is 4.99 Å². The molecule has 0 aromatic rings. The van der Waals surface area contributed by atoms with Gasteiger partial charge in [-0.3, -0.25) is 4.99 Å². The van der Waals surface area contributed by atoms with Gasteiger partial charge in [-0.05, 0) is 26.7 Å². The molecule has 0 aromatic carbocycles. The number of aliphatic imine (C=N–C) groups is 1. The first-order valence-corrected chi connectivity index (χ1v) is 7.23. The third-order valence-corrected chi connectivity index (χ3v) is 4.18. The van der Waals surface area contributed by atoms with Gasteiger partial charge in [0.15, 0.2) is 5.17 Å². The quantitative estimate of drug-likeness (QED) is 0.719. The molecule has 0 N–H and O–H groups in total. The molecule has 3 heteroatoms. The monoisotopic (exact) mass is 226 g/mol. The highest BCUT2D eigenvalue weighted by molar-refractivity contribution is 8.14. The number of thioether (sulfide) groups is 1. The number of rotatable bonds is 2. The zero-order valence-corrected chi connectivity index (χ0v) is 10.7. The number of nitrogens with zero attached hydrogens (tertiary/aromatic N) is 2. The van der Waals surface area contributed by atoms with Gasteiger partial charge < -0.3 is 4.90 Å². The first kappa shape index (κ1) is 11.3. The van der Waals surface area contributed by atoms with Crippen molar-refractivity contribution in [3.05, 3.63) is 0 Å². The Morgan fingerprint density at radius 1 is 1.27 bits per heavy atom. The SMILES string of the molecule is CC(C)N=C1SCCN1C1CCCCC1. The van der Waals surface area contributed by atoms with E-state index >= 15 is 0 Å². The minimum Gasteiger partial charge on any atom is -0.348 e. The second kappa shape index (κ2) is 5.24. The zero-order valence-electron chi connectivity index (χ0n) is 9.91. The molecule has 2 rings (SSSR count). The maximum atomic E-state index is 4.74. The zero-order chi connectivity index (χ0) is 10.7. The molecular weight excluding hydrogens is 204 g/mol. The Balaban J connectivity index is 2.00. The largest absolute Gasteiger partial charge is 0.348 e. The van der Waals surface area contributed by atoms with Crippen molar-refractivity contribution >= 4 is 16.9 Å². The van der Waals surface area contributed by atoms with Gasteiger partial charge in [0.05, 0.1) is 0 Å². The van der Waals surface area contributed by atoms with Crippen LogP contribution in [-0.2, 0) is 0 Å². The van der Waals surface area contributed by atoms with Crippen molar-refractivity contribution in [2.24, 2.45) is 4.99 Å². The Labute approximate surface area is 97.5 Å². The second-order valence-corrected chi connectivity index (χ2v) is 5.90. The minimum atomic E-state index is 0.441. The van der Waals surface area contributed by atoms with Crippen molar-refractivity contribution in [3.8, 4) is 0 Å². The lowest BCUT2D eigenvalue weighted by atomic mass is 9.94. The van der Waals surface area contributed by atoms with Crippen LogP contribution in [-0.4, -0.2) is 34.4 Å². The van der Waals surface area contributed by atoms with E-state index in [-0.39, 0.29) is 0 Å². The molecule has 1 heterocycles. The van der Waals surface area contributed by atoms with E-state index in [0.29, 0.717) is 6.04 Å². The smallest absolute Gasteiger partial charge is 0.159 e. The molecule has 0 spiro atoms. The third-order valence-electron chi connectivity index (χ3n) is 3.19. The molecule has 0 bridgehead atoms. The predicted molar refractivity (Wildman–Crippen MR) is 68.6 cm³/mol. The van der Waals surface area contributed by atoms with Crippen LogP contribution >= 0.6 is 11.8 Å². The van der Waals surface area contributed by atoms with Gasteiger partial charge in [-0.2, -0.15) is 0 Å². The Bertz CT molecular complexity index is 232. The van der Waals surface area contributed by atoms with Gasteiger partial charge in [-0.1, -0.05) is 31.0 Å². The summed E-state index contributed by atoms with van der Waals surface area (Å²) in [5.74, 6) is 1.24. The number of hydrogen-bond acceptors (Lipinski definition) is 2. The third kappa shape index (κ3) is 2.90. The molecule has 1 saturated carbocycles. The van der Waals surface area contributed by atoms with Gasteiger partial charge in [0, 0.05) is 24.4 Å². The van der Waals surface area contributed by atoms with Crippen molar-refractivity contribution in [3.63, 3.8) is 0 Å². The summed E-state index contributed by atoms with van der Waals surface area (Å²) in [6.45, 7) is 5.57. The second-order valence-electron chi connectivity index (χ2n) is 4.84. The highest BCUT2D eigenvalue weighted by Gasteiger charge is 2.28. The van der Waals surface area contributed by atoms with E-state index in [1.165, 1.54) is 49.6 Å². The summed E-state index contributed by atoms with van der Waals surface area (Å²) in [7, 11) is 0. The van der Waals surface area contributed by atoms with Gasteiger partial charge in [0.1, 0.15) is 0 Å². The van der Waals surface area contributed by atoms with E-state index in [9.17, 15) is 0 Å². The summed E-state index contributed by atoms with van der Waals surface area (Å²) in [5, 5.41) is 1.32. The molecule has 1 aliphatic heterocycles.